The summed E-state index contributed by atoms with van der Waals surface area (Å²) in [5.41, 5.74) is 8.39. The summed E-state index contributed by atoms with van der Waals surface area (Å²) in [6.45, 7) is 2.09. The molecule has 0 bridgehead atoms. The zero-order valence-electron chi connectivity index (χ0n) is 10.4. The standard InChI is InChI=1S/C13H15N3O2/c1-9-3-4-12(14)11(5-9)13(17)18-8-10-6-15-16(2)7-10/h3-7H,8,14H2,1-2H3. The Bertz CT molecular complexity index is 575. The van der Waals surface area contributed by atoms with E-state index in [0.717, 1.165) is 11.1 Å². The van der Waals surface area contributed by atoms with E-state index in [0.29, 0.717) is 11.3 Å². The van der Waals surface area contributed by atoms with Crippen LogP contribution in [0.4, 0.5) is 5.69 Å². The Hall–Kier alpha value is -2.30. The number of carbonyl (C=O) groups is 1. The molecule has 2 N–H and O–H groups in total. The number of nitrogen functional groups attached to an aromatic ring is 1. The molecule has 1 aromatic heterocycles. The maximum absolute atomic E-state index is 11.9. The fraction of sp³-hybridized carbons (Fsp3) is 0.231. The van der Waals surface area contributed by atoms with E-state index in [1.165, 1.54) is 0 Å². The second-order valence-electron chi connectivity index (χ2n) is 4.19. The smallest absolute Gasteiger partial charge is 0.340 e. The first kappa shape index (κ1) is 12.2. The van der Waals surface area contributed by atoms with Gasteiger partial charge in [-0.15, -0.1) is 0 Å². The van der Waals surface area contributed by atoms with Crippen LogP contribution in [-0.2, 0) is 18.4 Å². The molecule has 0 saturated carbocycles. The SMILES string of the molecule is Cc1ccc(N)c(C(=O)OCc2cnn(C)c2)c1. The van der Waals surface area contributed by atoms with Crippen molar-refractivity contribution in [3.63, 3.8) is 0 Å². The lowest BCUT2D eigenvalue weighted by atomic mass is 10.1. The van der Waals surface area contributed by atoms with Crippen LogP contribution in [0.2, 0.25) is 0 Å². The number of rotatable bonds is 3. The average Bonchev–Trinajstić information content (AvgIpc) is 2.75. The Balaban J connectivity index is 2.05. The van der Waals surface area contributed by atoms with Gasteiger partial charge in [0.05, 0.1) is 11.8 Å². The number of carbonyl (C=O) groups excluding carboxylic acids is 1. The van der Waals surface area contributed by atoms with Crippen LogP contribution >= 0.6 is 0 Å². The third-order valence-corrected chi connectivity index (χ3v) is 2.56. The van der Waals surface area contributed by atoms with E-state index in [4.69, 9.17) is 10.5 Å². The first-order chi connectivity index (χ1) is 8.56. The first-order valence-electron chi connectivity index (χ1n) is 5.57. The van der Waals surface area contributed by atoms with Gasteiger partial charge in [0.15, 0.2) is 0 Å². The molecule has 5 heteroatoms. The summed E-state index contributed by atoms with van der Waals surface area (Å²) in [7, 11) is 1.81. The molecule has 0 radical (unpaired) electrons. The van der Waals surface area contributed by atoms with Crippen molar-refractivity contribution in [2.24, 2.45) is 7.05 Å². The summed E-state index contributed by atoms with van der Waals surface area (Å²) in [6, 6.07) is 5.28. The lowest BCUT2D eigenvalue weighted by Gasteiger charge is -2.06. The highest BCUT2D eigenvalue weighted by Gasteiger charge is 2.11. The van der Waals surface area contributed by atoms with Gasteiger partial charge in [0.1, 0.15) is 6.61 Å². The zero-order chi connectivity index (χ0) is 13.1. The van der Waals surface area contributed by atoms with Crippen LogP contribution in [0, 0.1) is 6.92 Å². The van der Waals surface area contributed by atoms with Gasteiger partial charge >= 0.3 is 5.97 Å². The number of ether oxygens (including phenoxy) is 1. The molecule has 0 aliphatic heterocycles. The van der Waals surface area contributed by atoms with Crippen LogP contribution in [0.25, 0.3) is 0 Å². The van der Waals surface area contributed by atoms with E-state index in [1.54, 1.807) is 29.2 Å². The number of benzene rings is 1. The molecule has 2 rings (SSSR count). The van der Waals surface area contributed by atoms with Crippen molar-refractivity contribution >= 4 is 11.7 Å². The molecule has 0 unspecified atom stereocenters. The highest BCUT2D eigenvalue weighted by Crippen LogP contribution is 2.15. The van der Waals surface area contributed by atoms with E-state index in [2.05, 4.69) is 5.10 Å². The van der Waals surface area contributed by atoms with Gasteiger partial charge in [0.2, 0.25) is 0 Å². The van der Waals surface area contributed by atoms with Gasteiger partial charge in [-0.3, -0.25) is 4.68 Å². The fourth-order valence-electron chi connectivity index (χ4n) is 1.62. The number of nitrogens with two attached hydrogens (primary N) is 1. The van der Waals surface area contributed by atoms with E-state index in [-0.39, 0.29) is 6.61 Å². The molecule has 2 aromatic rings. The number of aryl methyl sites for hydroxylation is 2. The molecule has 0 aliphatic carbocycles. The summed E-state index contributed by atoms with van der Waals surface area (Å²) < 4.78 is 6.85. The number of hydrogen-bond donors (Lipinski definition) is 1. The van der Waals surface area contributed by atoms with Gasteiger partial charge in [-0.1, -0.05) is 11.6 Å². The number of nitrogens with zero attached hydrogens (tertiary/aromatic N) is 2. The predicted molar refractivity (Wildman–Crippen MR) is 67.9 cm³/mol. The Morgan fingerprint density at radius 1 is 1.50 bits per heavy atom. The van der Waals surface area contributed by atoms with Gasteiger partial charge in [-0.25, -0.2) is 4.79 Å². The second-order valence-corrected chi connectivity index (χ2v) is 4.19. The van der Waals surface area contributed by atoms with Gasteiger partial charge in [0.25, 0.3) is 0 Å². The molecule has 5 nitrogen and oxygen atoms in total. The number of aromatic nitrogens is 2. The van der Waals surface area contributed by atoms with Crippen LogP contribution in [-0.4, -0.2) is 15.7 Å². The van der Waals surface area contributed by atoms with Gasteiger partial charge in [-0.2, -0.15) is 5.10 Å². The van der Waals surface area contributed by atoms with Crippen molar-refractivity contribution in [2.75, 3.05) is 5.73 Å². The average molecular weight is 245 g/mol. The Kier molecular flexibility index (Phi) is 3.32. The van der Waals surface area contributed by atoms with Crippen LogP contribution in [0.15, 0.2) is 30.6 Å². The fourth-order valence-corrected chi connectivity index (χ4v) is 1.62. The van der Waals surface area contributed by atoms with Gasteiger partial charge in [-0.05, 0) is 19.1 Å². The Labute approximate surface area is 105 Å². The highest BCUT2D eigenvalue weighted by molar-refractivity contribution is 5.95. The quantitative estimate of drug-likeness (QED) is 0.659. The zero-order valence-corrected chi connectivity index (χ0v) is 10.4. The minimum Gasteiger partial charge on any atom is -0.457 e. The second kappa shape index (κ2) is 4.91. The van der Waals surface area contributed by atoms with Crippen molar-refractivity contribution in [1.82, 2.24) is 9.78 Å². The van der Waals surface area contributed by atoms with Crippen LogP contribution in [0.5, 0.6) is 0 Å². The molecule has 1 aromatic carbocycles. The largest absolute Gasteiger partial charge is 0.457 e. The molecule has 18 heavy (non-hydrogen) atoms. The molecule has 0 spiro atoms. The van der Waals surface area contributed by atoms with Crippen molar-refractivity contribution < 1.29 is 9.53 Å². The summed E-state index contributed by atoms with van der Waals surface area (Å²) in [5, 5.41) is 4.00. The summed E-state index contributed by atoms with van der Waals surface area (Å²) in [4.78, 5) is 11.9. The topological polar surface area (TPSA) is 70.1 Å². The van der Waals surface area contributed by atoms with Crippen molar-refractivity contribution in [2.45, 2.75) is 13.5 Å². The molecule has 0 atom stereocenters. The van der Waals surface area contributed by atoms with E-state index in [1.807, 2.05) is 20.0 Å². The molecular formula is C13H15N3O2. The number of anilines is 1. The summed E-state index contributed by atoms with van der Waals surface area (Å²) in [6.07, 6.45) is 3.46. The van der Waals surface area contributed by atoms with E-state index in [9.17, 15) is 4.79 Å². The van der Waals surface area contributed by atoms with Crippen LogP contribution in [0.3, 0.4) is 0 Å². The van der Waals surface area contributed by atoms with E-state index >= 15 is 0 Å². The normalized spacial score (nSPS) is 10.3. The minimum atomic E-state index is -0.417. The third-order valence-electron chi connectivity index (χ3n) is 2.56. The molecule has 94 valence electrons. The first-order valence-corrected chi connectivity index (χ1v) is 5.57. The Morgan fingerprint density at radius 2 is 2.28 bits per heavy atom. The maximum atomic E-state index is 11.9. The molecular weight excluding hydrogens is 230 g/mol. The van der Waals surface area contributed by atoms with E-state index < -0.39 is 5.97 Å². The van der Waals surface area contributed by atoms with Crippen LogP contribution < -0.4 is 5.73 Å². The lowest BCUT2D eigenvalue weighted by Crippen LogP contribution is -2.08. The summed E-state index contributed by atoms with van der Waals surface area (Å²) >= 11 is 0. The molecule has 0 aliphatic rings. The highest BCUT2D eigenvalue weighted by atomic mass is 16.5. The predicted octanol–water partition coefficient (Wildman–Crippen LogP) is 1.67. The molecule has 1 heterocycles. The number of esters is 1. The maximum Gasteiger partial charge on any atom is 0.340 e. The van der Waals surface area contributed by atoms with Crippen molar-refractivity contribution in [3.05, 3.63) is 47.3 Å². The van der Waals surface area contributed by atoms with Crippen molar-refractivity contribution in [1.29, 1.82) is 0 Å². The van der Waals surface area contributed by atoms with Gasteiger partial charge < -0.3 is 10.5 Å². The molecule has 0 amide bonds. The lowest BCUT2D eigenvalue weighted by molar-refractivity contribution is 0.0474. The van der Waals surface area contributed by atoms with Crippen molar-refractivity contribution in [3.8, 4) is 0 Å². The molecule has 0 fully saturated rings. The van der Waals surface area contributed by atoms with Crippen LogP contribution in [0.1, 0.15) is 21.5 Å². The number of hydrogen-bond acceptors (Lipinski definition) is 4. The molecule has 0 saturated heterocycles. The monoisotopic (exact) mass is 245 g/mol. The Morgan fingerprint density at radius 3 is 2.94 bits per heavy atom. The third kappa shape index (κ3) is 2.68. The summed E-state index contributed by atoms with van der Waals surface area (Å²) in [5.74, 6) is -0.417. The van der Waals surface area contributed by atoms with Gasteiger partial charge in [0, 0.05) is 24.5 Å². The minimum absolute atomic E-state index is 0.194.